The van der Waals surface area contributed by atoms with Gasteiger partial charge >= 0.3 is 0 Å². The van der Waals surface area contributed by atoms with Crippen molar-refractivity contribution < 1.29 is 14.3 Å². The third-order valence-corrected chi connectivity index (χ3v) is 4.08. The lowest BCUT2D eigenvalue weighted by Gasteiger charge is -2.16. The highest BCUT2D eigenvalue weighted by atomic mass is 16.5. The van der Waals surface area contributed by atoms with Crippen LogP contribution in [0.2, 0.25) is 0 Å². The highest BCUT2D eigenvalue weighted by Gasteiger charge is 2.58. The SMILES string of the molecule is COCCN1C(=O)[C@@H]2[C@H](C1=O)[C@H]1C=C[C@H]2C1. The largest absolute Gasteiger partial charge is 0.383 e. The highest BCUT2D eigenvalue weighted by Crippen LogP contribution is 2.52. The predicted molar refractivity (Wildman–Crippen MR) is 56.3 cm³/mol. The molecule has 16 heavy (non-hydrogen) atoms. The first-order chi connectivity index (χ1) is 7.74. The molecule has 4 nitrogen and oxygen atoms in total. The molecule has 86 valence electrons. The van der Waals surface area contributed by atoms with Crippen molar-refractivity contribution in [3.63, 3.8) is 0 Å². The van der Waals surface area contributed by atoms with Crippen molar-refractivity contribution >= 4 is 11.8 Å². The van der Waals surface area contributed by atoms with Crippen molar-refractivity contribution in [3.05, 3.63) is 12.2 Å². The van der Waals surface area contributed by atoms with E-state index in [1.54, 1.807) is 7.11 Å². The summed E-state index contributed by atoms with van der Waals surface area (Å²) in [6.07, 6.45) is 5.21. The third-order valence-electron chi connectivity index (χ3n) is 4.08. The van der Waals surface area contributed by atoms with Crippen LogP contribution in [0.5, 0.6) is 0 Å². The highest BCUT2D eigenvalue weighted by molar-refractivity contribution is 6.06. The zero-order valence-corrected chi connectivity index (χ0v) is 9.26. The van der Waals surface area contributed by atoms with E-state index in [1.165, 1.54) is 4.90 Å². The van der Waals surface area contributed by atoms with E-state index < -0.39 is 0 Å². The van der Waals surface area contributed by atoms with E-state index >= 15 is 0 Å². The first kappa shape index (κ1) is 10.0. The molecule has 0 aromatic heterocycles. The van der Waals surface area contributed by atoms with Gasteiger partial charge in [0.25, 0.3) is 0 Å². The minimum absolute atomic E-state index is 0.0175. The predicted octanol–water partition coefficient (Wildman–Crippen LogP) is 0.440. The second-order valence-corrected chi connectivity index (χ2v) is 4.82. The Hall–Kier alpha value is -1.16. The molecule has 1 aliphatic heterocycles. The number of fused-ring (bicyclic) bond motifs is 5. The second-order valence-electron chi connectivity index (χ2n) is 4.82. The smallest absolute Gasteiger partial charge is 0.233 e. The molecule has 4 atom stereocenters. The average Bonchev–Trinajstić information content (AvgIpc) is 2.92. The van der Waals surface area contributed by atoms with Gasteiger partial charge in [-0.2, -0.15) is 0 Å². The van der Waals surface area contributed by atoms with Crippen molar-refractivity contribution in [1.82, 2.24) is 4.90 Å². The molecule has 2 fully saturated rings. The number of likely N-dealkylation sites (tertiary alicyclic amines) is 1. The maximum atomic E-state index is 12.1. The van der Waals surface area contributed by atoms with E-state index in [4.69, 9.17) is 4.74 Å². The van der Waals surface area contributed by atoms with Crippen LogP contribution in [0.15, 0.2) is 12.2 Å². The Morgan fingerprint density at radius 3 is 2.31 bits per heavy atom. The van der Waals surface area contributed by atoms with Gasteiger partial charge in [0, 0.05) is 7.11 Å². The Kier molecular flexibility index (Phi) is 2.14. The number of carbonyl (C=O) groups is 2. The van der Waals surface area contributed by atoms with Crippen LogP contribution >= 0.6 is 0 Å². The number of imide groups is 1. The Bertz CT molecular complexity index is 346. The fourth-order valence-electron chi connectivity index (χ4n) is 3.37. The van der Waals surface area contributed by atoms with E-state index in [2.05, 4.69) is 12.2 Å². The number of ether oxygens (including phenoxy) is 1. The van der Waals surface area contributed by atoms with Crippen molar-refractivity contribution in [2.45, 2.75) is 6.42 Å². The van der Waals surface area contributed by atoms with Gasteiger partial charge in [0.2, 0.25) is 11.8 Å². The van der Waals surface area contributed by atoms with Gasteiger partial charge in [-0.3, -0.25) is 14.5 Å². The Morgan fingerprint density at radius 1 is 1.25 bits per heavy atom. The van der Waals surface area contributed by atoms with Gasteiger partial charge in [-0.05, 0) is 18.3 Å². The Balaban J connectivity index is 1.83. The number of hydrogen-bond acceptors (Lipinski definition) is 3. The Labute approximate surface area is 94.2 Å². The summed E-state index contributed by atoms with van der Waals surface area (Å²) in [6, 6.07) is 0. The van der Waals surface area contributed by atoms with E-state index in [1.807, 2.05) is 0 Å². The van der Waals surface area contributed by atoms with Gasteiger partial charge in [0.15, 0.2) is 0 Å². The van der Waals surface area contributed by atoms with E-state index in [0.29, 0.717) is 25.0 Å². The molecule has 1 saturated heterocycles. The summed E-state index contributed by atoms with van der Waals surface area (Å²) in [5, 5.41) is 0. The molecule has 0 spiro atoms. The first-order valence-electron chi connectivity index (χ1n) is 5.76. The standard InChI is InChI=1S/C12H15NO3/c1-16-5-4-13-11(14)9-7-2-3-8(6-7)10(9)12(13)15/h2-3,7-10H,4-6H2,1H3/t7-,8-,9-,10+/m0/s1. The monoisotopic (exact) mass is 221 g/mol. The molecule has 3 rings (SSSR count). The minimum Gasteiger partial charge on any atom is -0.383 e. The molecular formula is C12H15NO3. The molecule has 3 aliphatic rings. The maximum absolute atomic E-state index is 12.1. The van der Waals surface area contributed by atoms with E-state index in [-0.39, 0.29) is 23.7 Å². The molecule has 0 aromatic rings. The summed E-state index contributed by atoms with van der Waals surface area (Å²) in [5.74, 6) is 0.504. The molecule has 2 aliphatic carbocycles. The molecule has 0 N–H and O–H groups in total. The molecule has 0 radical (unpaired) electrons. The van der Waals surface area contributed by atoms with Gasteiger partial charge < -0.3 is 4.74 Å². The normalized spacial score (nSPS) is 39.9. The minimum atomic E-state index is -0.0700. The summed E-state index contributed by atoms with van der Waals surface area (Å²) in [4.78, 5) is 25.6. The molecule has 2 amide bonds. The third kappa shape index (κ3) is 1.13. The lowest BCUT2D eigenvalue weighted by molar-refractivity contribution is -0.141. The first-order valence-corrected chi connectivity index (χ1v) is 5.76. The molecule has 2 bridgehead atoms. The van der Waals surface area contributed by atoms with Gasteiger partial charge in [-0.15, -0.1) is 0 Å². The summed E-state index contributed by atoms with van der Waals surface area (Å²) < 4.78 is 4.93. The van der Waals surface area contributed by atoms with Crippen LogP contribution in [-0.4, -0.2) is 37.0 Å². The number of hydrogen-bond donors (Lipinski definition) is 0. The zero-order chi connectivity index (χ0) is 11.3. The van der Waals surface area contributed by atoms with Gasteiger partial charge in [-0.25, -0.2) is 0 Å². The summed E-state index contributed by atoms with van der Waals surface area (Å²) in [6.45, 7) is 0.834. The van der Waals surface area contributed by atoms with Crippen LogP contribution < -0.4 is 0 Å². The second kappa shape index (κ2) is 3.42. The van der Waals surface area contributed by atoms with Gasteiger partial charge in [0.1, 0.15) is 0 Å². The van der Waals surface area contributed by atoms with Crippen molar-refractivity contribution in [3.8, 4) is 0 Å². The quantitative estimate of drug-likeness (QED) is 0.513. The number of nitrogens with zero attached hydrogens (tertiary/aromatic N) is 1. The van der Waals surface area contributed by atoms with E-state index in [0.717, 1.165) is 6.42 Å². The maximum Gasteiger partial charge on any atom is 0.233 e. The fraction of sp³-hybridized carbons (Fsp3) is 0.667. The number of allylic oxidation sites excluding steroid dienone is 2. The molecule has 4 heteroatoms. The average molecular weight is 221 g/mol. The van der Waals surface area contributed by atoms with Crippen LogP contribution in [-0.2, 0) is 14.3 Å². The van der Waals surface area contributed by atoms with Gasteiger partial charge in [-0.1, -0.05) is 12.2 Å². The Morgan fingerprint density at radius 2 is 1.81 bits per heavy atom. The molecule has 1 saturated carbocycles. The summed E-state index contributed by atoms with van der Waals surface area (Å²) in [5.41, 5.74) is 0. The van der Waals surface area contributed by atoms with Crippen LogP contribution in [0.1, 0.15) is 6.42 Å². The van der Waals surface area contributed by atoms with Crippen molar-refractivity contribution in [2.24, 2.45) is 23.7 Å². The summed E-state index contributed by atoms with van der Waals surface area (Å²) >= 11 is 0. The summed E-state index contributed by atoms with van der Waals surface area (Å²) in [7, 11) is 1.58. The van der Waals surface area contributed by atoms with Crippen molar-refractivity contribution in [2.75, 3.05) is 20.3 Å². The number of carbonyl (C=O) groups excluding carboxylic acids is 2. The number of amides is 2. The fourth-order valence-corrected chi connectivity index (χ4v) is 3.37. The van der Waals surface area contributed by atoms with Crippen LogP contribution in [0.4, 0.5) is 0 Å². The molecular weight excluding hydrogens is 206 g/mol. The van der Waals surface area contributed by atoms with Crippen LogP contribution in [0, 0.1) is 23.7 Å². The van der Waals surface area contributed by atoms with Crippen molar-refractivity contribution in [1.29, 1.82) is 0 Å². The van der Waals surface area contributed by atoms with Crippen LogP contribution in [0.3, 0.4) is 0 Å². The molecule has 1 heterocycles. The lowest BCUT2D eigenvalue weighted by atomic mass is 9.85. The van der Waals surface area contributed by atoms with E-state index in [9.17, 15) is 9.59 Å². The molecule has 0 unspecified atom stereocenters. The van der Waals surface area contributed by atoms with Crippen LogP contribution in [0.25, 0.3) is 0 Å². The zero-order valence-electron chi connectivity index (χ0n) is 9.26. The number of methoxy groups -OCH3 is 1. The topological polar surface area (TPSA) is 46.6 Å². The molecule has 0 aromatic carbocycles. The number of rotatable bonds is 3. The van der Waals surface area contributed by atoms with Gasteiger partial charge in [0.05, 0.1) is 25.0 Å². The lowest BCUT2D eigenvalue weighted by Crippen LogP contribution is -2.35.